The average Bonchev–Trinajstić information content (AvgIpc) is 3.00. The van der Waals surface area contributed by atoms with Gasteiger partial charge < -0.3 is 14.9 Å². The van der Waals surface area contributed by atoms with Crippen LogP contribution in [0.3, 0.4) is 0 Å². The zero-order chi connectivity index (χ0) is 34.7. The molecule has 0 saturated carbocycles. The number of hydrogen-bond donors (Lipinski definition) is 2. The summed E-state index contributed by atoms with van der Waals surface area (Å²) in [4.78, 5) is 13.7. The van der Waals surface area contributed by atoms with Gasteiger partial charge >= 0.3 is 6.01 Å². The molecular formula is C39H61N3O3S2. The third-order valence-electron chi connectivity index (χ3n) is 7.73. The molecule has 0 aliphatic carbocycles. The number of phenolic OH excluding ortho intramolecular Hbond substituents is 2. The second-order valence-electron chi connectivity index (χ2n) is 14.2. The molecule has 0 aliphatic rings. The van der Waals surface area contributed by atoms with Crippen LogP contribution in [0.5, 0.6) is 23.3 Å². The Morgan fingerprint density at radius 1 is 0.574 bits per heavy atom. The molecule has 1 heterocycles. The van der Waals surface area contributed by atoms with Crippen molar-refractivity contribution in [3.8, 4) is 23.3 Å². The van der Waals surface area contributed by atoms with Crippen LogP contribution in [0, 0.1) is 0 Å². The van der Waals surface area contributed by atoms with Gasteiger partial charge in [0, 0.05) is 11.5 Å². The molecule has 8 heteroatoms. The van der Waals surface area contributed by atoms with E-state index in [0.29, 0.717) is 17.5 Å². The summed E-state index contributed by atoms with van der Waals surface area (Å²) < 4.78 is 5.86. The Morgan fingerprint density at radius 2 is 1.00 bits per heavy atom. The fraction of sp³-hybridized carbons (Fsp3) is 0.615. The molecule has 3 aromatic rings. The van der Waals surface area contributed by atoms with Gasteiger partial charge in [0.05, 0.1) is 0 Å². The third-order valence-corrected chi connectivity index (χ3v) is 9.60. The van der Waals surface area contributed by atoms with Gasteiger partial charge in [-0.25, -0.2) is 0 Å². The molecule has 0 atom stereocenters. The Hall–Kier alpha value is -2.45. The largest absolute Gasteiger partial charge is 0.508 e. The van der Waals surface area contributed by atoms with Gasteiger partial charge in [-0.3, -0.25) is 0 Å². The van der Waals surface area contributed by atoms with Crippen LogP contribution in [0.15, 0.2) is 52.8 Å². The van der Waals surface area contributed by atoms with Crippen LogP contribution in [-0.4, -0.2) is 36.7 Å². The van der Waals surface area contributed by atoms with E-state index in [-0.39, 0.29) is 16.6 Å². The van der Waals surface area contributed by atoms with Crippen LogP contribution in [0.1, 0.15) is 144 Å². The van der Waals surface area contributed by atoms with Crippen LogP contribution < -0.4 is 4.74 Å². The molecule has 0 unspecified atom stereocenters. The number of aromatic nitrogens is 3. The van der Waals surface area contributed by atoms with E-state index in [9.17, 15) is 10.2 Å². The third kappa shape index (κ3) is 16.5. The summed E-state index contributed by atoms with van der Waals surface area (Å²) in [6, 6.07) is 13.0. The van der Waals surface area contributed by atoms with Crippen molar-refractivity contribution in [1.29, 1.82) is 0 Å². The first-order chi connectivity index (χ1) is 22.3. The van der Waals surface area contributed by atoms with Gasteiger partial charge in [-0.1, -0.05) is 161 Å². The highest BCUT2D eigenvalue weighted by molar-refractivity contribution is 7.99. The van der Waals surface area contributed by atoms with E-state index in [4.69, 9.17) is 4.74 Å². The van der Waals surface area contributed by atoms with Crippen molar-refractivity contribution in [2.75, 3.05) is 11.5 Å². The van der Waals surface area contributed by atoms with Crippen LogP contribution >= 0.6 is 23.5 Å². The van der Waals surface area contributed by atoms with Crippen molar-refractivity contribution >= 4 is 23.5 Å². The molecule has 0 aliphatic heterocycles. The van der Waals surface area contributed by atoms with Crippen molar-refractivity contribution in [1.82, 2.24) is 15.0 Å². The quantitative estimate of drug-likeness (QED) is 0.101. The normalized spacial score (nSPS) is 11.7. The minimum Gasteiger partial charge on any atom is -0.508 e. The van der Waals surface area contributed by atoms with Crippen molar-refractivity contribution in [3.05, 3.63) is 53.6 Å². The van der Waals surface area contributed by atoms with E-state index in [0.717, 1.165) is 32.9 Å². The highest BCUT2D eigenvalue weighted by Crippen LogP contribution is 2.38. The van der Waals surface area contributed by atoms with Crippen LogP contribution in [0.25, 0.3) is 0 Å². The number of phenols is 2. The Labute approximate surface area is 294 Å². The fourth-order valence-corrected chi connectivity index (χ4v) is 6.67. The summed E-state index contributed by atoms with van der Waals surface area (Å²) >= 11 is 3.37. The molecule has 262 valence electrons. The van der Waals surface area contributed by atoms with Gasteiger partial charge in [-0.2, -0.15) is 15.0 Å². The summed E-state index contributed by atoms with van der Waals surface area (Å²) in [6.07, 6.45) is 15.4. The SMILES string of the molecule is CC(C)(C)c1cccc(C(C)(C)C)c1O.CCCCCCCCSc1nc(Oc2ccc(O)cc2)nc(SCCCCCCCC)n1. The lowest BCUT2D eigenvalue weighted by Gasteiger charge is -2.26. The summed E-state index contributed by atoms with van der Waals surface area (Å²) in [6.45, 7) is 17.2. The van der Waals surface area contributed by atoms with Crippen molar-refractivity contribution < 1.29 is 14.9 Å². The first-order valence-corrected chi connectivity index (χ1v) is 19.6. The number of unbranched alkanes of at least 4 members (excludes halogenated alkanes) is 10. The van der Waals surface area contributed by atoms with Crippen molar-refractivity contribution in [3.63, 3.8) is 0 Å². The first kappa shape index (κ1) is 40.7. The lowest BCUT2D eigenvalue weighted by Crippen LogP contribution is -2.16. The first-order valence-electron chi connectivity index (χ1n) is 17.7. The second kappa shape index (κ2) is 21.5. The molecule has 6 nitrogen and oxygen atoms in total. The van der Waals surface area contributed by atoms with E-state index in [1.165, 1.54) is 77.0 Å². The number of nitrogens with zero attached hydrogens (tertiary/aromatic N) is 3. The van der Waals surface area contributed by atoms with Gasteiger partial charge in [0.25, 0.3) is 0 Å². The Balaban J connectivity index is 0.000000427. The standard InChI is InChI=1S/C25H39N3O2S2.C14H22O/c1-3-5-7-9-11-13-19-31-24-26-23(30-22-17-15-21(29)16-18-22)27-25(28-24)32-20-14-12-10-8-6-4-2;1-13(2,3)10-8-7-9-11(12(10)15)14(4,5)6/h15-18,29H,3-14,19-20H2,1-2H3;7-9,15H,1-6H3. The molecule has 47 heavy (non-hydrogen) atoms. The number of aromatic hydroxyl groups is 2. The van der Waals surface area contributed by atoms with Crippen LogP contribution in [-0.2, 0) is 10.8 Å². The van der Waals surface area contributed by atoms with Gasteiger partial charge in [-0.05, 0) is 59.1 Å². The number of para-hydroxylation sites is 1. The topological polar surface area (TPSA) is 88.4 Å². The zero-order valence-corrected chi connectivity index (χ0v) is 32.0. The predicted octanol–water partition coefficient (Wildman–Crippen LogP) is 12.3. The number of hydrogen-bond acceptors (Lipinski definition) is 8. The number of benzene rings is 2. The van der Waals surface area contributed by atoms with Gasteiger partial charge in [0.15, 0.2) is 10.3 Å². The highest BCUT2D eigenvalue weighted by Gasteiger charge is 2.24. The van der Waals surface area contributed by atoms with E-state index < -0.39 is 0 Å². The Bertz CT molecular complexity index is 1220. The average molecular weight is 684 g/mol. The molecule has 0 spiro atoms. The molecule has 2 aromatic carbocycles. The van der Waals surface area contributed by atoms with E-state index in [1.54, 1.807) is 47.8 Å². The molecule has 0 amide bonds. The number of rotatable bonds is 18. The summed E-state index contributed by atoms with van der Waals surface area (Å²) in [5.41, 5.74) is 2.03. The lowest BCUT2D eigenvalue weighted by molar-refractivity contribution is 0.421. The molecule has 3 rings (SSSR count). The predicted molar refractivity (Wildman–Crippen MR) is 202 cm³/mol. The molecular weight excluding hydrogens is 623 g/mol. The lowest BCUT2D eigenvalue weighted by atomic mass is 9.80. The van der Waals surface area contributed by atoms with Gasteiger partial charge in [0.1, 0.15) is 17.2 Å². The number of ether oxygens (including phenoxy) is 1. The number of thioether (sulfide) groups is 2. The van der Waals surface area contributed by atoms with Gasteiger partial charge in [-0.15, -0.1) is 0 Å². The molecule has 0 bridgehead atoms. The smallest absolute Gasteiger partial charge is 0.327 e. The van der Waals surface area contributed by atoms with Crippen LogP contribution in [0.4, 0.5) is 0 Å². The van der Waals surface area contributed by atoms with E-state index in [1.807, 2.05) is 18.2 Å². The summed E-state index contributed by atoms with van der Waals surface area (Å²) in [5.74, 6) is 3.29. The molecule has 1 aromatic heterocycles. The summed E-state index contributed by atoms with van der Waals surface area (Å²) in [5, 5.41) is 21.2. The minimum absolute atomic E-state index is 0.00859. The maximum atomic E-state index is 10.3. The van der Waals surface area contributed by atoms with E-state index in [2.05, 4.69) is 70.3 Å². The molecule has 2 N–H and O–H groups in total. The minimum atomic E-state index is -0.00859. The highest BCUT2D eigenvalue weighted by atomic mass is 32.2. The zero-order valence-electron chi connectivity index (χ0n) is 30.4. The van der Waals surface area contributed by atoms with E-state index >= 15 is 0 Å². The monoisotopic (exact) mass is 683 g/mol. The molecule has 0 saturated heterocycles. The molecule has 0 fully saturated rings. The fourth-order valence-electron chi connectivity index (χ4n) is 4.96. The Morgan fingerprint density at radius 3 is 1.43 bits per heavy atom. The maximum Gasteiger partial charge on any atom is 0.327 e. The maximum absolute atomic E-state index is 10.3. The second-order valence-corrected chi connectivity index (χ2v) is 16.3. The molecule has 0 radical (unpaired) electrons. The van der Waals surface area contributed by atoms with Crippen LogP contribution in [0.2, 0.25) is 0 Å². The Kier molecular flexibility index (Phi) is 18.6. The van der Waals surface area contributed by atoms with Crippen molar-refractivity contribution in [2.45, 2.75) is 154 Å². The summed E-state index contributed by atoms with van der Waals surface area (Å²) in [7, 11) is 0. The van der Waals surface area contributed by atoms with Crippen molar-refractivity contribution in [2.24, 2.45) is 0 Å². The van der Waals surface area contributed by atoms with Gasteiger partial charge in [0.2, 0.25) is 0 Å².